The van der Waals surface area contributed by atoms with Crippen molar-refractivity contribution in [2.24, 2.45) is 0 Å². The van der Waals surface area contributed by atoms with E-state index >= 15 is 0 Å². The minimum atomic E-state index is -0.157. The van der Waals surface area contributed by atoms with E-state index in [4.69, 9.17) is 0 Å². The van der Waals surface area contributed by atoms with Crippen LogP contribution in [0.2, 0.25) is 0 Å². The molecule has 1 aromatic rings. The second-order valence-electron chi connectivity index (χ2n) is 5.16. The molecule has 0 aliphatic carbocycles. The van der Waals surface area contributed by atoms with Crippen molar-refractivity contribution in [3.8, 4) is 5.75 Å². The number of phenols is 1. The summed E-state index contributed by atoms with van der Waals surface area (Å²) in [6.07, 6.45) is 0.751. The molecule has 0 bridgehead atoms. The lowest BCUT2D eigenvalue weighted by Crippen LogP contribution is -2.55. The zero-order chi connectivity index (χ0) is 14.7. The van der Waals surface area contributed by atoms with E-state index in [1.165, 1.54) is 0 Å². The molecule has 1 aliphatic heterocycles. The molecule has 20 heavy (non-hydrogen) atoms. The number of rotatable bonds is 4. The van der Waals surface area contributed by atoms with Crippen LogP contribution in [0.3, 0.4) is 0 Å². The Hall–Kier alpha value is -1.75. The van der Waals surface area contributed by atoms with E-state index in [9.17, 15) is 9.90 Å². The number of carbonyl (C=O) groups is 1. The summed E-state index contributed by atoms with van der Waals surface area (Å²) in [4.78, 5) is 14.0. The van der Waals surface area contributed by atoms with E-state index in [1.54, 1.807) is 6.07 Å². The third-order valence-corrected chi connectivity index (χ3v) is 3.96. The Morgan fingerprint density at radius 1 is 1.55 bits per heavy atom. The number of piperazine rings is 1. The molecular weight excluding hydrogens is 254 g/mol. The molecule has 0 radical (unpaired) electrons. The van der Waals surface area contributed by atoms with Gasteiger partial charge in [0.15, 0.2) is 0 Å². The minimum Gasteiger partial charge on any atom is -0.508 e. The molecule has 2 atom stereocenters. The smallest absolute Gasteiger partial charge is 0.242 e. The van der Waals surface area contributed by atoms with Gasteiger partial charge in [0.1, 0.15) is 11.8 Å². The highest BCUT2D eigenvalue weighted by Crippen LogP contribution is 2.30. The summed E-state index contributed by atoms with van der Waals surface area (Å²) < 4.78 is 0. The van der Waals surface area contributed by atoms with Gasteiger partial charge in [0.05, 0.1) is 0 Å². The van der Waals surface area contributed by atoms with Crippen molar-refractivity contribution >= 4 is 11.6 Å². The van der Waals surface area contributed by atoms with E-state index in [-0.39, 0.29) is 23.7 Å². The van der Waals surface area contributed by atoms with Gasteiger partial charge in [-0.2, -0.15) is 0 Å². The maximum absolute atomic E-state index is 11.9. The van der Waals surface area contributed by atoms with Gasteiger partial charge in [-0.15, -0.1) is 0 Å². The van der Waals surface area contributed by atoms with Gasteiger partial charge in [-0.25, -0.2) is 0 Å². The van der Waals surface area contributed by atoms with Crippen molar-refractivity contribution in [3.05, 3.63) is 23.8 Å². The predicted molar refractivity (Wildman–Crippen MR) is 80.0 cm³/mol. The van der Waals surface area contributed by atoms with E-state index in [0.717, 1.165) is 24.2 Å². The molecule has 1 saturated heterocycles. The maximum Gasteiger partial charge on any atom is 0.242 e. The normalized spacial score (nSPS) is 20.6. The lowest BCUT2D eigenvalue weighted by molar-refractivity contribution is -0.123. The number of carbonyl (C=O) groups excluding carboxylic acids is 1. The zero-order valence-corrected chi connectivity index (χ0v) is 12.3. The Labute approximate surface area is 120 Å². The summed E-state index contributed by atoms with van der Waals surface area (Å²) in [5.74, 6) is 0.330. The van der Waals surface area contributed by atoms with Crippen LogP contribution in [0.15, 0.2) is 18.2 Å². The van der Waals surface area contributed by atoms with Crippen LogP contribution in [-0.4, -0.2) is 37.2 Å². The summed E-state index contributed by atoms with van der Waals surface area (Å²) in [5, 5.41) is 16.2. The number of aromatic hydroxyl groups is 1. The monoisotopic (exact) mass is 277 g/mol. The first-order valence-corrected chi connectivity index (χ1v) is 7.13. The van der Waals surface area contributed by atoms with Crippen LogP contribution in [-0.2, 0) is 4.79 Å². The van der Waals surface area contributed by atoms with Crippen molar-refractivity contribution in [3.63, 3.8) is 0 Å². The summed E-state index contributed by atoms with van der Waals surface area (Å²) in [6, 6.07) is 5.59. The average Bonchev–Trinajstić information content (AvgIpc) is 2.46. The Bertz CT molecular complexity index is 490. The first-order valence-electron chi connectivity index (χ1n) is 7.13. The Morgan fingerprint density at radius 3 is 2.90 bits per heavy atom. The largest absolute Gasteiger partial charge is 0.508 e. The Balaban J connectivity index is 2.28. The number of benzene rings is 1. The lowest BCUT2D eigenvalue weighted by atomic mass is 10.0. The van der Waals surface area contributed by atoms with E-state index in [2.05, 4.69) is 15.5 Å². The SMILES string of the molecule is CCC1C(=O)NCCN1c1ccc(C(C)NC)c(O)c1. The second-order valence-corrected chi connectivity index (χ2v) is 5.16. The van der Waals surface area contributed by atoms with Crippen LogP contribution < -0.4 is 15.5 Å². The van der Waals surface area contributed by atoms with Crippen molar-refractivity contribution in [2.45, 2.75) is 32.4 Å². The quantitative estimate of drug-likeness (QED) is 0.778. The molecule has 3 N–H and O–H groups in total. The number of hydrogen-bond donors (Lipinski definition) is 3. The molecule has 0 aromatic heterocycles. The number of nitrogens with zero attached hydrogens (tertiary/aromatic N) is 1. The number of anilines is 1. The van der Waals surface area contributed by atoms with Crippen LogP contribution in [0, 0.1) is 0 Å². The molecule has 1 amide bonds. The summed E-state index contributed by atoms with van der Waals surface area (Å²) in [6.45, 7) is 5.41. The fourth-order valence-corrected chi connectivity index (χ4v) is 2.66. The Morgan fingerprint density at radius 2 is 2.30 bits per heavy atom. The summed E-state index contributed by atoms with van der Waals surface area (Å²) in [5.41, 5.74) is 1.77. The molecule has 2 rings (SSSR count). The lowest BCUT2D eigenvalue weighted by Gasteiger charge is -2.36. The van der Waals surface area contributed by atoms with Gasteiger partial charge in [0.2, 0.25) is 5.91 Å². The van der Waals surface area contributed by atoms with Crippen molar-refractivity contribution in [1.29, 1.82) is 0 Å². The topological polar surface area (TPSA) is 64.6 Å². The van der Waals surface area contributed by atoms with Gasteiger partial charge in [-0.05, 0) is 26.5 Å². The standard InChI is InChI=1S/C15H23N3O2/c1-4-13-15(20)17-7-8-18(13)11-5-6-12(10(2)16-3)14(19)9-11/h5-6,9-10,13,16,19H,4,7-8H2,1-3H3,(H,17,20). The van der Waals surface area contributed by atoms with Crippen LogP contribution in [0.5, 0.6) is 5.75 Å². The van der Waals surface area contributed by atoms with E-state index in [0.29, 0.717) is 6.54 Å². The fourth-order valence-electron chi connectivity index (χ4n) is 2.66. The van der Waals surface area contributed by atoms with E-state index in [1.807, 2.05) is 33.0 Å². The van der Waals surface area contributed by atoms with Crippen molar-refractivity contribution in [1.82, 2.24) is 10.6 Å². The van der Waals surface area contributed by atoms with Gasteiger partial charge in [-0.1, -0.05) is 13.0 Å². The summed E-state index contributed by atoms with van der Waals surface area (Å²) in [7, 11) is 1.86. The minimum absolute atomic E-state index is 0.0610. The molecule has 1 aliphatic rings. The fraction of sp³-hybridized carbons (Fsp3) is 0.533. The van der Waals surface area contributed by atoms with Crippen LogP contribution >= 0.6 is 0 Å². The van der Waals surface area contributed by atoms with Crippen molar-refractivity contribution < 1.29 is 9.90 Å². The molecule has 1 heterocycles. The average molecular weight is 277 g/mol. The molecule has 1 fully saturated rings. The van der Waals surface area contributed by atoms with Crippen LogP contribution in [0.25, 0.3) is 0 Å². The molecule has 2 unspecified atom stereocenters. The van der Waals surface area contributed by atoms with Crippen LogP contribution in [0.4, 0.5) is 5.69 Å². The summed E-state index contributed by atoms with van der Waals surface area (Å²) >= 11 is 0. The maximum atomic E-state index is 11.9. The molecule has 5 heteroatoms. The third-order valence-electron chi connectivity index (χ3n) is 3.96. The van der Waals surface area contributed by atoms with Gasteiger partial charge < -0.3 is 20.6 Å². The highest BCUT2D eigenvalue weighted by atomic mass is 16.3. The van der Waals surface area contributed by atoms with Gasteiger partial charge in [0, 0.05) is 36.4 Å². The molecule has 0 saturated carbocycles. The number of phenolic OH excluding ortho intramolecular Hbond substituents is 1. The molecule has 5 nitrogen and oxygen atoms in total. The zero-order valence-electron chi connectivity index (χ0n) is 12.3. The highest BCUT2D eigenvalue weighted by molar-refractivity contribution is 5.86. The van der Waals surface area contributed by atoms with E-state index < -0.39 is 0 Å². The molecule has 1 aromatic carbocycles. The highest BCUT2D eigenvalue weighted by Gasteiger charge is 2.28. The second kappa shape index (κ2) is 6.13. The number of amides is 1. The molecule has 110 valence electrons. The number of nitrogens with one attached hydrogen (secondary N) is 2. The number of hydrogen-bond acceptors (Lipinski definition) is 4. The Kier molecular flexibility index (Phi) is 4.49. The van der Waals surface area contributed by atoms with Crippen molar-refractivity contribution in [2.75, 3.05) is 25.0 Å². The van der Waals surface area contributed by atoms with Gasteiger partial charge in [-0.3, -0.25) is 4.79 Å². The van der Waals surface area contributed by atoms with Gasteiger partial charge in [0.25, 0.3) is 0 Å². The molecular formula is C15H23N3O2. The van der Waals surface area contributed by atoms with Gasteiger partial charge >= 0.3 is 0 Å². The van der Waals surface area contributed by atoms with Crippen LogP contribution in [0.1, 0.15) is 31.9 Å². The third kappa shape index (κ3) is 2.72. The predicted octanol–water partition coefficient (Wildman–Crippen LogP) is 1.39. The first-order chi connectivity index (χ1) is 9.58. The first kappa shape index (κ1) is 14.7. The molecule has 0 spiro atoms.